The van der Waals surface area contributed by atoms with E-state index >= 15 is 0 Å². The average molecular weight is 195 g/mol. The third-order valence-corrected chi connectivity index (χ3v) is 2.47. The summed E-state index contributed by atoms with van der Waals surface area (Å²) in [5.41, 5.74) is 0. The summed E-state index contributed by atoms with van der Waals surface area (Å²) >= 11 is -2.01. The van der Waals surface area contributed by atoms with E-state index in [0.717, 1.165) is 12.5 Å². The van der Waals surface area contributed by atoms with E-state index in [1.807, 2.05) is 0 Å². The van der Waals surface area contributed by atoms with Crippen molar-refractivity contribution in [1.82, 2.24) is 5.32 Å². The number of hydrogen-bond donors (Lipinski definition) is 2. The van der Waals surface area contributed by atoms with Crippen LogP contribution in [0.1, 0.15) is 12.8 Å². The Kier molecular flexibility index (Phi) is 4.11. The van der Waals surface area contributed by atoms with Crippen molar-refractivity contribution in [3.63, 3.8) is 0 Å². The minimum absolute atomic E-state index is 0.197. The predicted molar refractivity (Wildman–Crippen MR) is 46.1 cm³/mol. The van der Waals surface area contributed by atoms with Gasteiger partial charge >= 0.3 is 0 Å². The number of hydrogen-bond acceptors (Lipinski definition) is 2. The summed E-state index contributed by atoms with van der Waals surface area (Å²) in [6, 6.07) is 0. The molecule has 5 heteroatoms. The lowest BCUT2D eigenvalue weighted by atomic mass is 10.4. The van der Waals surface area contributed by atoms with E-state index in [9.17, 15) is 8.60 Å². The SMILES string of the molecule is O=S(O)CC(F)CNCC1CC1. The molecule has 2 unspecified atom stereocenters. The van der Waals surface area contributed by atoms with Crippen LogP contribution in [0.15, 0.2) is 0 Å². The molecule has 2 N–H and O–H groups in total. The first-order valence-corrected chi connectivity index (χ1v) is 5.38. The highest BCUT2D eigenvalue weighted by Gasteiger charge is 2.21. The Morgan fingerprint density at radius 2 is 2.33 bits per heavy atom. The quantitative estimate of drug-likeness (QED) is 0.608. The van der Waals surface area contributed by atoms with Crippen LogP contribution in [0.25, 0.3) is 0 Å². The fourth-order valence-electron chi connectivity index (χ4n) is 0.980. The second kappa shape index (κ2) is 4.89. The summed E-state index contributed by atoms with van der Waals surface area (Å²) in [7, 11) is 0. The summed E-state index contributed by atoms with van der Waals surface area (Å²) in [5.74, 6) is 0.439. The third kappa shape index (κ3) is 4.79. The van der Waals surface area contributed by atoms with Gasteiger partial charge in [-0.15, -0.1) is 0 Å². The Balaban J connectivity index is 1.93. The molecule has 0 saturated heterocycles. The maximum Gasteiger partial charge on any atom is 0.155 e. The highest BCUT2D eigenvalue weighted by atomic mass is 32.2. The van der Waals surface area contributed by atoms with Crippen LogP contribution < -0.4 is 5.32 Å². The molecule has 0 aromatic carbocycles. The maximum absolute atomic E-state index is 12.7. The molecule has 2 atom stereocenters. The van der Waals surface area contributed by atoms with E-state index in [4.69, 9.17) is 4.55 Å². The van der Waals surface area contributed by atoms with Crippen molar-refractivity contribution in [2.24, 2.45) is 5.92 Å². The molecule has 72 valence electrons. The van der Waals surface area contributed by atoms with Crippen molar-refractivity contribution in [2.45, 2.75) is 19.0 Å². The van der Waals surface area contributed by atoms with Crippen LogP contribution in [-0.4, -0.2) is 33.8 Å². The molecular formula is C7H14FNO2S. The molecule has 0 bridgehead atoms. The Morgan fingerprint density at radius 1 is 1.67 bits per heavy atom. The molecular weight excluding hydrogens is 181 g/mol. The van der Waals surface area contributed by atoms with Gasteiger partial charge in [0.1, 0.15) is 6.17 Å². The molecule has 0 radical (unpaired) electrons. The van der Waals surface area contributed by atoms with Crippen molar-refractivity contribution in [1.29, 1.82) is 0 Å². The third-order valence-electron chi connectivity index (χ3n) is 1.82. The van der Waals surface area contributed by atoms with Crippen molar-refractivity contribution in [3.05, 3.63) is 0 Å². The van der Waals surface area contributed by atoms with Gasteiger partial charge in [0.05, 0.1) is 5.75 Å². The van der Waals surface area contributed by atoms with E-state index in [-0.39, 0.29) is 12.3 Å². The van der Waals surface area contributed by atoms with Gasteiger partial charge in [-0.25, -0.2) is 8.60 Å². The first-order chi connectivity index (χ1) is 5.68. The molecule has 1 aliphatic rings. The highest BCUT2D eigenvalue weighted by molar-refractivity contribution is 7.79. The van der Waals surface area contributed by atoms with E-state index in [2.05, 4.69) is 5.32 Å². The molecule has 1 aliphatic carbocycles. The molecule has 1 rings (SSSR count). The largest absolute Gasteiger partial charge is 0.314 e. The topological polar surface area (TPSA) is 49.3 Å². The molecule has 0 spiro atoms. The monoisotopic (exact) mass is 195 g/mol. The fraction of sp³-hybridized carbons (Fsp3) is 1.00. The smallest absolute Gasteiger partial charge is 0.155 e. The number of alkyl halides is 1. The van der Waals surface area contributed by atoms with Crippen molar-refractivity contribution in [2.75, 3.05) is 18.8 Å². The van der Waals surface area contributed by atoms with Crippen LogP contribution in [0, 0.1) is 5.92 Å². The Labute approximate surface area is 74.0 Å². The van der Waals surface area contributed by atoms with E-state index < -0.39 is 17.3 Å². The van der Waals surface area contributed by atoms with Gasteiger partial charge < -0.3 is 9.87 Å². The molecule has 12 heavy (non-hydrogen) atoms. The number of rotatable bonds is 6. The summed E-state index contributed by atoms with van der Waals surface area (Å²) in [6.45, 7) is 1.04. The first-order valence-electron chi connectivity index (χ1n) is 4.10. The molecule has 1 saturated carbocycles. The van der Waals surface area contributed by atoms with Gasteiger partial charge in [-0.05, 0) is 25.3 Å². The summed E-state index contributed by atoms with van der Waals surface area (Å²) < 4.78 is 31.2. The number of halogens is 1. The van der Waals surface area contributed by atoms with E-state index in [1.165, 1.54) is 12.8 Å². The standard InChI is InChI=1S/C7H14FNO2S/c8-7(5-12(10)11)4-9-3-6-1-2-6/h6-7,9H,1-5H2,(H,10,11). The van der Waals surface area contributed by atoms with Crippen LogP contribution >= 0.6 is 0 Å². The van der Waals surface area contributed by atoms with Crippen LogP contribution in [0.5, 0.6) is 0 Å². The van der Waals surface area contributed by atoms with Gasteiger partial charge in [-0.1, -0.05) is 0 Å². The minimum Gasteiger partial charge on any atom is -0.314 e. The van der Waals surface area contributed by atoms with Gasteiger partial charge in [0.2, 0.25) is 0 Å². The van der Waals surface area contributed by atoms with Crippen LogP contribution in [0.3, 0.4) is 0 Å². The molecule has 3 nitrogen and oxygen atoms in total. The van der Waals surface area contributed by atoms with Gasteiger partial charge in [-0.3, -0.25) is 0 Å². The van der Waals surface area contributed by atoms with Crippen LogP contribution in [-0.2, 0) is 11.1 Å². The van der Waals surface area contributed by atoms with Gasteiger partial charge in [-0.2, -0.15) is 0 Å². The zero-order valence-corrected chi connectivity index (χ0v) is 7.65. The Hall–Kier alpha value is -0.0000000000000000486. The van der Waals surface area contributed by atoms with Crippen LogP contribution in [0.2, 0.25) is 0 Å². The van der Waals surface area contributed by atoms with Gasteiger partial charge in [0, 0.05) is 6.54 Å². The molecule has 0 aromatic heterocycles. The summed E-state index contributed by atoms with van der Waals surface area (Å²) in [4.78, 5) is 0. The van der Waals surface area contributed by atoms with Crippen molar-refractivity contribution < 1.29 is 13.2 Å². The zero-order chi connectivity index (χ0) is 8.97. The van der Waals surface area contributed by atoms with Gasteiger partial charge in [0.25, 0.3) is 0 Å². The van der Waals surface area contributed by atoms with Crippen molar-refractivity contribution in [3.8, 4) is 0 Å². The molecule has 0 heterocycles. The second-order valence-corrected chi connectivity index (χ2v) is 4.16. The molecule has 0 aliphatic heterocycles. The van der Waals surface area contributed by atoms with Gasteiger partial charge in [0.15, 0.2) is 11.1 Å². The second-order valence-electron chi connectivity index (χ2n) is 3.19. The van der Waals surface area contributed by atoms with E-state index in [1.54, 1.807) is 0 Å². The lowest BCUT2D eigenvalue weighted by Gasteiger charge is -2.06. The lowest BCUT2D eigenvalue weighted by Crippen LogP contribution is -2.29. The number of nitrogens with one attached hydrogen (secondary N) is 1. The highest BCUT2D eigenvalue weighted by Crippen LogP contribution is 2.27. The molecule has 0 amide bonds. The predicted octanol–water partition coefficient (Wildman–Crippen LogP) is 0.546. The summed E-state index contributed by atoms with van der Waals surface area (Å²) in [5, 5.41) is 2.93. The first kappa shape index (κ1) is 10.1. The Morgan fingerprint density at radius 3 is 2.83 bits per heavy atom. The lowest BCUT2D eigenvalue weighted by molar-refractivity contribution is 0.342. The minimum atomic E-state index is -2.01. The summed E-state index contributed by atoms with van der Waals surface area (Å²) in [6.07, 6.45) is 1.26. The Bertz CT molecular complexity index is 163. The normalized spacial score (nSPS) is 22.2. The fourth-order valence-corrected chi connectivity index (χ4v) is 1.41. The zero-order valence-electron chi connectivity index (χ0n) is 6.83. The van der Waals surface area contributed by atoms with E-state index in [0.29, 0.717) is 0 Å². The molecule has 0 aromatic rings. The average Bonchev–Trinajstić information content (AvgIpc) is 2.69. The van der Waals surface area contributed by atoms with Crippen LogP contribution in [0.4, 0.5) is 4.39 Å². The maximum atomic E-state index is 12.7. The van der Waals surface area contributed by atoms with Crippen molar-refractivity contribution >= 4 is 11.1 Å². The molecule has 1 fully saturated rings.